The minimum Gasteiger partial charge on any atom is -0.493 e. The van der Waals surface area contributed by atoms with Crippen LogP contribution in [0, 0.1) is 6.92 Å². The van der Waals surface area contributed by atoms with E-state index in [4.69, 9.17) is 15.2 Å². The molecule has 0 aliphatic carbocycles. The van der Waals surface area contributed by atoms with Gasteiger partial charge in [0, 0.05) is 28.4 Å². The van der Waals surface area contributed by atoms with E-state index in [1.165, 1.54) is 0 Å². The lowest BCUT2D eigenvalue weighted by Crippen LogP contribution is -1.97. The van der Waals surface area contributed by atoms with E-state index in [1.807, 2.05) is 31.2 Å². The SMILES string of the molecule is CCCOc1cc(N)cc(Oc2ccc(Br)cc2C)c1. The number of benzene rings is 2. The van der Waals surface area contributed by atoms with Crippen LogP contribution in [0.3, 0.4) is 0 Å². The summed E-state index contributed by atoms with van der Waals surface area (Å²) in [5, 5.41) is 0. The van der Waals surface area contributed by atoms with E-state index in [1.54, 1.807) is 12.1 Å². The quantitative estimate of drug-likeness (QED) is 0.788. The van der Waals surface area contributed by atoms with Gasteiger partial charge in [-0.2, -0.15) is 0 Å². The maximum Gasteiger partial charge on any atom is 0.133 e. The smallest absolute Gasteiger partial charge is 0.133 e. The maximum atomic E-state index is 5.88. The zero-order valence-electron chi connectivity index (χ0n) is 11.7. The van der Waals surface area contributed by atoms with Crippen molar-refractivity contribution in [2.24, 2.45) is 0 Å². The molecular formula is C16H18BrNO2. The predicted octanol–water partition coefficient (Wildman–Crippen LogP) is 4.92. The number of rotatable bonds is 5. The second kappa shape index (κ2) is 6.66. The molecule has 0 unspecified atom stereocenters. The lowest BCUT2D eigenvalue weighted by Gasteiger charge is -2.12. The lowest BCUT2D eigenvalue weighted by atomic mass is 10.2. The van der Waals surface area contributed by atoms with Gasteiger partial charge in [-0.25, -0.2) is 0 Å². The number of hydrogen-bond donors (Lipinski definition) is 1. The minimum absolute atomic E-state index is 0.628. The summed E-state index contributed by atoms with van der Waals surface area (Å²) in [5.41, 5.74) is 7.56. The molecule has 0 heterocycles. The summed E-state index contributed by atoms with van der Waals surface area (Å²) >= 11 is 3.44. The van der Waals surface area contributed by atoms with Crippen molar-refractivity contribution in [3.05, 3.63) is 46.4 Å². The number of halogens is 1. The largest absolute Gasteiger partial charge is 0.493 e. The van der Waals surface area contributed by atoms with Crippen LogP contribution >= 0.6 is 15.9 Å². The van der Waals surface area contributed by atoms with Gasteiger partial charge in [0.2, 0.25) is 0 Å². The molecule has 2 aromatic carbocycles. The zero-order chi connectivity index (χ0) is 14.5. The second-order valence-corrected chi connectivity index (χ2v) is 5.51. The van der Waals surface area contributed by atoms with Gasteiger partial charge >= 0.3 is 0 Å². The average molecular weight is 336 g/mol. The number of hydrogen-bond acceptors (Lipinski definition) is 3. The molecule has 2 N–H and O–H groups in total. The molecule has 2 aromatic rings. The first-order valence-electron chi connectivity index (χ1n) is 6.56. The molecule has 0 aliphatic heterocycles. The van der Waals surface area contributed by atoms with Crippen LogP contribution in [-0.4, -0.2) is 6.61 Å². The van der Waals surface area contributed by atoms with E-state index >= 15 is 0 Å². The van der Waals surface area contributed by atoms with E-state index in [0.29, 0.717) is 18.0 Å². The van der Waals surface area contributed by atoms with Crippen LogP contribution in [0.2, 0.25) is 0 Å². The third kappa shape index (κ3) is 3.90. The number of nitrogens with two attached hydrogens (primary N) is 1. The Morgan fingerprint density at radius 2 is 1.85 bits per heavy atom. The Hall–Kier alpha value is -1.68. The number of aryl methyl sites for hydroxylation is 1. The Labute approximate surface area is 127 Å². The van der Waals surface area contributed by atoms with Crippen molar-refractivity contribution in [1.29, 1.82) is 0 Å². The first-order valence-corrected chi connectivity index (χ1v) is 7.35. The van der Waals surface area contributed by atoms with Crippen molar-refractivity contribution in [3.63, 3.8) is 0 Å². The Morgan fingerprint density at radius 3 is 2.55 bits per heavy atom. The summed E-state index contributed by atoms with van der Waals surface area (Å²) in [6.07, 6.45) is 0.955. The van der Waals surface area contributed by atoms with Crippen LogP contribution < -0.4 is 15.2 Å². The van der Waals surface area contributed by atoms with Gasteiger partial charge < -0.3 is 15.2 Å². The molecule has 0 aromatic heterocycles. The van der Waals surface area contributed by atoms with E-state index in [-0.39, 0.29) is 0 Å². The van der Waals surface area contributed by atoms with Crippen LogP contribution in [0.5, 0.6) is 17.2 Å². The number of anilines is 1. The molecule has 0 spiro atoms. The van der Waals surface area contributed by atoms with E-state index in [2.05, 4.69) is 22.9 Å². The third-order valence-corrected chi connectivity index (χ3v) is 3.23. The van der Waals surface area contributed by atoms with Gasteiger partial charge in [-0.05, 0) is 37.1 Å². The molecule has 3 nitrogen and oxygen atoms in total. The maximum absolute atomic E-state index is 5.88. The average Bonchev–Trinajstić information content (AvgIpc) is 2.39. The van der Waals surface area contributed by atoms with E-state index < -0.39 is 0 Å². The molecule has 106 valence electrons. The summed E-state index contributed by atoms with van der Waals surface area (Å²) in [7, 11) is 0. The van der Waals surface area contributed by atoms with Crippen LogP contribution in [0.25, 0.3) is 0 Å². The van der Waals surface area contributed by atoms with Gasteiger partial charge in [0.1, 0.15) is 17.2 Å². The zero-order valence-corrected chi connectivity index (χ0v) is 13.2. The second-order valence-electron chi connectivity index (χ2n) is 4.60. The molecule has 0 amide bonds. The Balaban J connectivity index is 2.21. The Bertz CT molecular complexity index is 599. The summed E-state index contributed by atoms with van der Waals surface area (Å²) in [5.74, 6) is 2.22. The van der Waals surface area contributed by atoms with Crippen molar-refractivity contribution in [2.45, 2.75) is 20.3 Å². The van der Waals surface area contributed by atoms with E-state index in [9.17, 15) is 0 Å². The van der Waals surface area contributed by atoms with Crippen molar-refractivity contribution < 1.29 is 9.47 Å². The highest BCUT2D eigenvalue weighted by atomic mass is 79.9. The highest BCUT2D eigenvalue weighted by Gasteiger charge is 2.05. The molecule has 0 radical (unpaired) electrons. The highest BCUT2D eigenvalue weighted by Crippen LogP contribution is 2.31. The highest BCUT2D eigenvalue weighted by molar-refractivity contribution is 9.10. The molecule has 2 rings (SSSR count). The van der Waals surface area contributed by atoms with Crippen LogP contribution in [0.15, 0.2) is 40.9 Å². The lowest BCUT2D eigenvalue weighted by molar-refractivity contribution is 0.316. The summed E-state index contributed by atoms with van der Waals surface area (Å²) < 4.78 is 12.5. The first-order chi connectivity index (χ1) is 9.58. The molecule has 4 heteroatoms. The van der Waals surface area contributed by atoms with Gasteiger partial charge in [-0.3, -0.25) is 0 Å². The number of ether oxygens (including phenoxy) is 2. The fourth-order valence-corrected chi connectivity index (χ4v) is 2.29. The Kier molecular flexibility index (Phi) is 4.90. The fourth-order valence-electron chi connectivity index (χ4n) is 1.81. The van der Waals surface area contributed by atoms with Crippen molar-refractivity contribution in [2.75, 3.05) is 12.3 Å². The topological polar surface area (TPSA) is 44.5 Å². The van der Waals surface area contributed by atoms with Gasteiger partial charge in [0.05, 0.1) is 6.61 Å². The number of nitrogen functional groups attached to an aromatic ring is 1. The molecule has 20 heavy (non-hydrogen) atoms. The molecule has 0 atom stereocenters. The van der Waals surface area contributed by atoms with Gasteiger partial charge in [-0.1, -0.05) is 22.9 Å². The normalized spacial score (nSPS) is 10.3. The van der Waals surface area contributed by atoms with Crippen LogP contribution in [0.1, 0.15) is 18.9 Å². The molecule has 0 saturated heterocycles. The van der Waals surface area contributed by atoms with Crippen molar-refractivity contribution in [3.8, 4) is 17.2 Å². The summed E-state index contributed by atoms with van der Waals surface area (Å²) in [6.45, 7) is 4.73. The monoisotopic (exact) mass is 335 g/mol. The summed E-state index contributed by atoms with van der Waals surface area (Å²) in [4.78, 5) is 0. The molecule has 0 aliphatic rings. The van der Waals surface area contributed by atoms with Crippen LogP contribution in [-0.2, 0) is 0 Å². The van der Waals surface area contributed by atoms with Crippen molar-refractivity contribution in [1.82, 2.24) is 0 Å². The van der Waals surface area contributed by atoms with Gasteiger partial charge in [-0.15, -0.1) is 0 Å². The minimum atomic E-state index is 0.628. The Morgan fingerprint density at radius 1 is 1.10 bits per heavy atom. The first kappa shape index (κ1) is 14.7. The fraction of sp³-hybridized carbons (Fsp3) is 0.250. The van der Waals surface area contributed by atoms with Crippen LogP contribution in [0.4, 0.5) is 5.69 Å². The van der Waals surface area contributed by atoms with Gasteiger partial charge in [0.25, 0.3) is 0 Å². The van der Waals surface area contributed by atoms with E-state index in [0.717, 1.165) is 28.0 Å². The standard InChI is InChI=1S/C16H18BrNO2/c1-3-6-19-14-8-13(18)9-15(10-14)20-16-5-4-12(17)7-11(16)2/h4-5,7-10H,3,6,18H2,1-2H3. The van der Waals surface area contributed by atoms with Gasteiger partial charge in [0.15, 0.2) is 0 Å². The summed E-state index contributed by atoms with van der Waals surface area (Å²) in [6, 6.07) is 11.3. The third-order valence-electron chi connectivity index (χ3n) is 2.74. The van der Waals surface area contributed by atoms with Crippen molar-refractivity contribution >= 4 is 21.6 Å². The molecular weight excluding hydrogens is 318 g/mol. The molecule has 0 bridgehead atoms. The molecule has 0 saturated carbocycles. The predicted molar refractivity (Wildman–Crippen MR) is 85.6 cm³/mol. The molecule has 0 fully saturated rings.